The minimum Gasteiger partial charge on any atom is -0.207 e. The molecule has 4 rings (SSSR count). The Morgan fingerprint density at radius 3 is 2.37 bits per heavy atom. The van der Waals surface area contributed by atoms with Crippen LogP contribution in [-0.2, 0) is 16.4 Å². The largest absolute Gasteiger partial charge is 0.243 e. The van der Waals surface area contributed by atoms with E-state index in [0.29, 0.717) is 23.9 Å². The van der Waals surface area contributed by atoms with Gasteiger partial charge in [-0.25, -0.2) is 8.42 Å². The number of aromatic nitrogens is 2. The molecule has 0 bridgehead atoms. The lowest BCUT2D eigenvalue weighted by molar-refractivity contribution is 0.318. The predicted molar refractivity (Wildman–Crippen MR) is 107 cm³/mol. The second-order valence-electron chi connectivity index (χ2n) is 7.88. The number of benzene rings is 1. The zero-order valence-electron chi connectivity index (χ0n) is 15.8. The molecule has 1 saturated carbocycles. The molecule has 1 saturated heterocycles. The van der Waals surface area contributed by atoms with Gasteiger partial charge in [0.1, 0.15) is 10.0 Å². The van der Waals surface area contributed by atoms with Crippen molar-refractivity contribution in [2.75, 3.05) is 13.1 Å². The van der Waals surface area contributed by atoms with Crippen LogP contribution in [0.25, 0.3) is 0 Å². The molecule has 27 heavy (non-hydrogen) atoms. The Balaban J connectivity index is 1.37. The minimum absolute atomic E-state index is 0.337. The van der Waals surface area contributed by atoms with Gasteiger partial charge >= 0.3 is 0 Å². The van der Waals surface area contributed by atoms with Crippen molar-refractivity contribution in [1.82, 2.24) is 14.5 Å². The molecule has 0 unspecified atom stereocenters. The van der Waals surface area contributed by atoms with Crippen LogP contribution in [0.15, 0.2) is 29.2 Å². The van der Waals surface area contributed by atoms with Gasteiger partial charge < -0.3 is 0 Å². The summed E-state index contributed by atoms with van der Waals surface area (Å²) in [5.74, 6) is 1.12. The molecule has 0 atom stereocenters. The van der Waals surface area contributed by atoms with E-state index in [2.05, 4.69) is 10.2 Å². The number of hydrogen-bond donors (Lipinski definition) is 0. The molecule has 1 aliphatic carbocycles. The van der Waals surface area contributed by atoms with Crippen molar-refractivity contribution in [2.24, 2.45) is 5.92 Å². The second-order valence-corrected chi connectivity index (χ2v) is 10.9. The van der Waals surface area contributed by atoms with Crippen LogP contribution < -0.4 is 0 Å². The van der Waals surface area contributed by atoms with E-state index in [-0.39, 0.29) is 0 Å². The van der Waals surface area contributed by atoms with E-state index in [1.54, 1.807) is 27.8 Å². The molecule has 1 aromatic carbocycles. The third-order valence-electron chi connectivity index (χ3n) is 5.88. The van der Waals surface area contributed by atoms with E-state index < -0.39 is 10.0 Å². The van der Waals surface area contributed by atoms with E-state index in [1.807, 2.05) is 19.1 Å². The third-order valence-corrected chi connectivity index (χ3v) is 8.90. The molecule has 2 aromatic rings. The summed E-state index contributed by atoms with van der Waals surface area (Å²) in [4.78, 5) is 0.390. The van der Waals surface area contributed by atoms with E-state index in [4.69, 9.17) is 0 Å². The van der Waals surface area contributed by atoms with Gasteiger partial charge in [-0.3, -0.25) is 0 Å². The Bertz CT molecular complexity index is 863. The summed E-state index contributed by atoms with van der Waals surface area (Å²) in [6.45, 7) is 3.07. The highest BCUT2D eigenvalue weighted by molar-refractivity contribution is 7.89. The second kappa shape index (κ2) is 7.97. The highest BCUT2D eigenvalue weighted by Crippen LogP contribution is 2.34. The molecule has 1 aromatic heterocycles. The van der Waals surface area contributed by atoms with Crippen LogP contribution in [0, 0.1) is 12.8 Å². The zero-order valence-corrected chi connectivity index (χ0v) is 17.4. The van der Waals surface area contributed by atoms with Crippen molar-refractivity contribution in [3.05, 3.63) is 39.8 Å². The number of nitrogens with zero attached hydrogens (tertiary/aromatic N) is 3. The quantitative estimate of drug-likeness (QED) is 0.750. The summed E-state index contributed by atoms with van der Waals surface area (Å²) >= 11 is 1.74. The molecular weight excluding hydrogens is 378 g/mol. The maximum Gasteiger partial charge on any atom is 0.243 e. The first-order valence-corrected chi connectivity index (χ1v) is 12.2. The van der Waals surface area contributed by atoms with Crippen molar-refractivity contribution in [2.45, 2.75) is 62.7 Å². The standard InChI is InChI=1S/C20H27N3O2S2/c1-15-6-8-18(9-7-15)27(24,25)23-12-10-17(11-13-23)20-22-21-19(26-20)14-16-4-2-3-5-16/h6-9,16-17H,2-5,10-14H2,1H3. The van der Waals surface area contributed by atoms with Crippen LogP contribution in [0.5, 0.6) is 0 Å². The lowest BCUT2D eigenvalue weighted by Crippen LogP contribution is -2.37. The van der Waals surface area contributed by atoms with Gasteiger partial charge in [0.25, 0.3) is 0 Å². The van der Waals surface area contributed by atoms with Crippen molar-refractivity contribution in [3.63, 3.8) is 0 Å². The normalized spacial score (nSPS) is 20.3. The maximum atomic E-state index is 12.8. The number of sulfonamides is 1. The molecule has 0 radical (unpaired) electrons. The lowest BCUT2D eigenvalue weighted by Gasteiger charge is -2.30. The monoisotopic (exact) mass is 405 g/mol. The third kappa shape index (κ3) is 4.25. The molecular formula is C20H27N3O2S2. The average Bonchev–Trinajstić information content (AvgIpc) is 3.35. The Morgan fingerprint density at radius 2 is 1.70 bits per heavy atom. The fourth-order valence-corrected chi connectivity index (χ4v) is 6.77. The van der Waals surface area contributed by atoms with Crippen LogP contribution in [0.2, 0.25) is 0 Å². The fourth-order valence-electron chi connectivity index (χ4n) is 4.18. The van der Waals surface area contributed by atoms with Crippen LogP contribution >= 0.6 is 11.3 Å². The first-order chi connectivity index (χ1) is 13.0. The van der Waals surface area contributed by atoms with Gasteiger partial charge in [-0.05, 0) is 37.8 Å². The molecule has 146 valence electrons. The Hall–Kier alpha value is -1.31. The maximum absolute atomic E-state index is 12.8. The molecule has 0 spiro atoms. The predicted octanol–water partition coefficient (Wildman–Crippen LogP) is 4.15. The molecule has 2 aliphatic rings. The van der Waals surface area contributed by atoms with E-state index in [1.165, 1.54) is 25.7 Å². The molecule has 0 amide bonds. The number of hydrogen-bond acceptors (Lipinski definition) is 5. The van der Waals surface area contributed by atoms with E-state index >= 15 is 0 Å². The van der Waals surface area contributed by atoms with Gasteiger partial charge in [0.05, 0.1) is 4.90 Å². The van der Waals surface area contributed by atoms with Crippen LogP contribution in [0.1, 0.15) is 60.0 Å². The number of rotatable bonds is 5. The van der Waals surface area contributed by atoms with Crippen LogP contribution in [0.4, 0.5) is 0 Å². The van der Waals surface area contributed by atoms with Gasteiger partial charge in [0.2, 0.25) is 10.0 Å². The van der Waals surface area contributed by atoms with Crippen LogP contribution in [-0.4, -0.2) is 36.0 Å². The van der Waals surface area contributed by atoms with Gasteiger partial charge in [0.15, 0.2) is 0 Å². The van der Waals surface area contributed by atoms with Gasteiger partial charge in [-0.2, -0.15) is 4.31 Å². The summed E-state index contributed by atoms with van der Waals surface area (Å²) in [7, 11) is -3.39. The van der Waals surface area contributed by atoms with Crippen molar-refractivity contribution >= 4 is 21.4 Å². The molecule has 7 heteroatoms. The summed E-state index contributed by atoms with van der Waals surface area (Å²) in [6.07, 6.45) is 8.06. The Kier molecular flexibility index (Phi) is 5.62. The summed E-state index contributed by atoms with van der Waals surface area (Å²) in [5.41, 5.74) is 1.07. The first kappa shape index (κ1) is 19.0. The average molecular weight is 406 g/mol. The molecule has 0 N–H and O–H groups in total. The van der Waals surface area contributed by atoms with Crippen molar-refractivity contribution < 1.29 is 8.42 Å². The number of aryl methyl sites for hydroxylation is 1. The summed E-state index contributed by atoms with van der Waals surface area (Å²) in [5, 5.41) is 11.1. The summed E-state index contributed by atoms with van der Waals surface area (Å²) < 4.78 is 27.3. The highest BCUT2D eigenvalue weighted by Gasteiger charge is 2.31. The van der Waals surface area contributed by atoms with E-state index in [9.17, 15) is 8.42 Å². The Labute approximate surface area is 165 Å². The minimum atomic E-state index is -3.39. The first-order valence-electron chi connectivity index (χ1n) is 9.91. The number of piperidine rings is 1. The van der Waals surface area contributed by atoms with Gasteiger partial charge in [-0.15, -0.1) is 21.5 Å². The van der Waals surface area contributed by atoms with Crippen LogP contribution in [0.3, 0.4) is 0 Å². The fraction of sp³-hybridized carbons (Fsp3) is 0.600. The topological polar surface area (TPSA) is 63.2 Å². The molecule has 2 fully saturated rings. The van der Waals surface area contributed by atoms with E-state index in [0.717, 1.165) is 40.8 Å². The molecule has 1 aliphatic heterocycles. The Morgan fingerprint density at radius 1 is 1.04 bits per heavy atom. The summed E-state index contributed by atoms with van der Waals surface area (Å²) in [6, 6.07) is 7.12. The smallest absolute Gasteiger partial charge is 0.207 e. The molecule has 5 nitrogen and oxygen atoms in total. The van der Waals surface area contributed by atoms with Crippen molar-refractivity contribution in [1.29, 1.82) is 0 Å². The lowest BCUT2D eigenvalue weighted by atomic mass is 9.99. The van der Waals surface area contributed by atoms with Gasteiger partial charge in [-0.1, -0.05) is 43.4 Å². The molecule has 2 heterocycles. The van der Waals surface area contributed by atoms with Gasteiger partial charge in [0, 0.05) is 25.4 Å². The SMILES string of the molecule is Cc1ccc(S(=O)(=O)N2CCC(c3nnc(CC4CCCC4)s3)CC2)cc1. The zero-order chi connectivity index (χ0) is 18.9. The van der Waals surface area contributed by atoms with Crippen molar-refractivity contribution in [3.8, 4) is 0 Å². The highest BCUT2D eigenvalue weighted by atomic mass is 32.2.